The number of aromatic nitrogens is 2. The number of anilines is 1. The number of nitrogens with one attached hydrogen (secondary N) is 1. The molecule has 0 saturated carbocycles. The predicted octanol–water partition coefficient (Wildman–Crippen LogP) is 4.36. The summed E-state index contributed by atoms with van der Waals surface area (Å²) in [4.78, 5) is 27.3. The van der Waals surface area contributed by atoms with Gasteiger partial charge >= 0.3 is 6.03 Å². The van der Waals surface area contributed by atoms with Crippen LogP contribution in [-0.2, 0) is 7.05 Å². The van der Waals surface area contributed by atoms with Gasteiger partial charge < -0.3 is 10.2 Å². The molecule has 2 amide bonds. The third-order valence-corrected chi connectivity index (χ3v) is 5.29. The smallest absolute Gasteiger partial charge is 0.321 e. The Kier molecular flexibility index (Phi) is 5.61. The molecule has 28 heavy (non-hydrogen) atoms. The zero-order valence-electron chi connectivity index (χ0n) is 16.3. The molecule has 0 aliphatic heterocycles. The second kappa shape index (κ2) is 7.94. The third kappa shape index (κ3) is 3.68. The standard InChI is InChI=1S/C21H23ClN4O2/c1-14(16-10-12-17(22)13-11-16)24(3)21(28)23-19-15(2)25(4)26(20(19)27)18-8-6-5-7-9-18/h5-14H,1-4H3,(H,23,28)/t14-/m0/s1. The van der Waals surface area contributed by atoms with Crippen LogP contribution in [0, 0.1) is 6.92 Å². The van der Waals surface area contributed by atoms with Gasteiger partial charge in [-0.3, -0.25) is 9.48 Å². The van der Waals surface area contributed by atoms with Crippen LogP contribution in [0.4, 0.5) is 10.5 Å². The Morgan fingerprint density at radius 1 is 1.11 bits per heavy atom. The molecule has 0 aliphatic carbocycles. The summed E-state index contributed by atoms with van der Waals surface area (Å²) >= 11 is 5.94. The summed E-state index contributed by atoms with van der Waals surface area (Å²) in [5.41, 5.74) is 2.36. The molecule has 0 saturated heterocycles. The highest BCUT2D eigenvalue weighted by atomic mass is 35.5. The van der Waals surface area contributed by atoms with Crippen molar-refractivity contribution >= 4 is 23.3 Å². The second-order valence-corrected chi connectivity index (χ2v) is 7.14. The van der Waals surface area contributed by atoms with Crippen LogP contribution in [0.15, 0.2) is 59.4 Å². The highest BCUT2D eigenvalue weighted by Crippen LogP contribution is 2.22. The Morgan fingerprint density at radius 3 is 2.32 bits per heavy atom. The SMILES string of the molecule is Cc1c(NC(=O)N(C)[C@@H](C)c2ccc(Cl)cc2)c(=O)n(-c2ccccc2)n1C. The van der Waals surface area contributed by atoms with Gasteiger partial charge in [0, 0.05) is 19.1 Å². The minimum absolute atomic E-state index is 0.183. The van der Waals surface area contributed by atoms with Crippen LogP contribution < -0.4 is 10.9 Å². The molecule has 2 aromatic carbocycles. The molecule has 1 atom stereocenters. The van der Waals surface area contributed by atoms with Crippen molar-refractivity contribution in [3.63, 3.8) is 0 Å². The van der Waals surface area contributed by atoms with Crippen molar-refractivity contribution in [1.29, 1.82) is 0 Å². The van der Waals surface area contributed by atoms with Gasteiger partial charge in [-0.1, -0.05) is 41.9 Å². The van der Waals surface area contributed by atoms with E-state index in [1.54, 1.807) is 42.7 Å². The van der Waals surface area contributed by atoms with E-state index in [1.165, 1.54) is 4.68 Å². The number of para-hydroxylation sites is 1. The lowest BCUT2D eigenvalue weighted by Gasteiger charge is -2.25. The first kappa shape index (κ1) is 19.8. The molecule has 146 valence electrons. The van der Waals surface area contributed by atoms with Crippen molar-refractivity contribution in [2.75, 3.05) is 12.4 Å². The Balaban J connectivity index is 1.86. The van der Waals surface area contributed by atoms with E-state index in [0.29, 0.717) is 10.7 Å². The lowest BCUT2D eigenvalue weighted by atomic mass is 10.1. The average Bonchev–Trinajstić information content (AvgIpc) is 2.91. The summed E-state index contributed by atoms with van der Waals surface area (Å²) in [6.07, 6.45) is 0. The molecule has 7 heteroatoms. The van der Waals surface area contributed by atoms with Gasteiger partial charge in [-0.25, -0.2) is 9.48 Å². The number of carbonyl (C=O) groups excluding carboxylic acids is 1. The van der Waals surface area contributed by atoms with Crippen LogP contribution in [-0.4, -0.2) is 27.3 Å². The number of hydrogen-bond donors (Lipinski definition) is 1. The van der Waals surface area contributed by atoms with Gasteiger partial charge in [0.05, 0.1) is 17.4 Å². The summed E-state index contributed by atoms with van der Waals surface area (Å²) < 4.78 is 3.27. The summed E-state index contributed by atoms with van der Waals surface area (Å²) in [7, 11) is 3.49. The molecule has 0 aliphatic rings. The van der Waals surface area contributed by atoms with E-state index in [1.807, 2.05) is 49.4 Å². The molecular formula is C21H23ClN4O2. The van der Waals surface area contributed by atoms with Crippen LogP contribution in [0.1, 0.15) is 24.2 Å². The molecule has 3 rings (SSSR count). The lowest BCUT2D eigenvalue weighted by molar-refractivity contribution is 0.208. The summed E-state index contributed by atoms with van der Waals surface area (Å²) in [5, 5.41) is 3.42. The second-order valence-electron chi connectivity index (χ2n) is 6.71. The van der Waals surface area contributed by atoms with Gasteiger partial charge in [0.15, 0.2) is 0 Å². The Labute approximate surface area is 168 Å². The fraction of sp³-hybridized carbons (Fsp3) is 0.238. The first-order chi connectivity index (χ1) is 13.3. The third-order valence-electron chi connectivity index (χ3n) is 5.04. The molecule has 6 nitrogen and oxygen atoms in total. The minimum Gasteiger partial charge on any atom is -0.321 e. The Morgan fingerprint density at radius 2 is 1.71 bits per heavy atom. The van der Waals surface area contributed by atoms with Gasteiger partial charge in [0.25, 0.3) is 5.56 Å². The number of urea groups is 1. The van der Waals surface area contributed by atoms with E-state index in [4.69, 9.17) is 11.6 Å². The maximum Gasteiger partial charge on any atom is 0.322 e. The topological polar surface area (TPSA) is 59.3 Å². The van der Waals surface area contributed by atoms with Gasteiger partial charge in [-0.15, -0.1) is 0 Å². The number of benzene rings is 2. The van der Waals surface area contributed by atoms with Crippen LogP contribution in [0.2, 0.25) is 5.02 Å². The van der Waals surface area contributed by atoms with E-state index in [9.17, 15) is 9.59 Å². The van der Waals surface area contributed by atoms with Crippen molar-refractivity contribution in [3.8, 4) is 5.69 Å². The first-order valence-corrected chi connectivity index (χ1v) is 9.32. The van der Waals surface area contributed by atoms with E-state index >= 15 is 0 Å². The normalized spacial score (nSPS) is 11.9. The van der Waals surface area contributed by atoms with Gasteiger partial charge in [0.1, 0.15) is 5.69 Å². The van der Waals surface area contributed by atoms with Crippen LogP contribution in [0.3, 0.4) is 0 Å². The molecular weight excluding hydrogens is 376 g/mol. The summed E-state index contributed by atoms with van der Waals surface area (Å²) in [5.74, 6) is 0. The largest absolute Gasteiger partial charge is 0.322 e. The zero-order valence-corrected chi connectivity index (χ0v) is 17.1. The summed E-state index contributed by atoms with van der Waals surface area (Å²) in [6, 6.07) is 16.1. The number of hydrogen-bond acceptors (Lipinski definition) is 2. The maximum absolute atomic E-state index is 12.9. The molecule has 0 radical (unpaired) electrons. The van der Waals surface area contributed by atoms with Crippen molar-refractivity contribution in [1.82, 2.24) is 14.3 Å². The Bertz CT molecular complexity index is 1040. The monoisotopic (exact) mass is 398 g/mol. The quantitative estimate of drug-likeness (QED) is 0.709. The van der Waals surface area contributed by atoms with Gasteiger partial charge in [-0.05, 0) is 43.7 Å². The molecule has 1 heterocycles. The van der Waals surface area contributed by atoms with Crippen LogP contribution >= 0.6 is 11.6 Å². The molecule has 1 N–H and O–H groups in total. The fourth-order valence-corrected chi connectivity index (χ4v) is 3.17. The van der Waals surface area contributed by atoms with E-state index in [0.717, 1.165) is 11.3 Å². The first-order valence-electron chi connectivity index (χ1n) is 8.94. The molecule has 0 fully saturated rings. The van der Waals surface area contributed by atoms with Crippen molar-refractivity contribution in [2.24, 2.45) is 7.05 Å². The van der Waals surface area contributed by atoms with Crippen molar-refractivity contribution in [3.05, 3.63) is 81.2 Å². The summed E-state index contributed by atoms with van der Waals surface area (Å²) in [6.45, 7) is 3.72. The fourth-order valence-electron chi connectivity index (χ4n) is 3.05. The minimum atomic E-state index is -0.353. The maximum atomic E-state index is 12.9. The predicted molar refractivity (Wildman–Crippen MR) is 112 cm³/mol. The number of nitrogens with zero attached hydrogens (tertiary/aromatic N) is 3. The molecule has 0 spiro atoms. The zero-order chi connectivity index (χ0) is 20.4. The van der Waals surface area contributed by atoms with E-state index in [2.05, 4.69) is 5.32 Å². The lowest BCUT2D eigenvalue weighted by Crippen LogP contribution is -2.35. The molecule has 1 aromatic heterocycles. The number of amides is 2. The van der Waals surface area contributed by atoms with E-state index < -0.39 is 0 Å². The molecule has 3 aromatic rings. The number of rotatable bonds is 4. The molecule has 0 bridgehead atoms. The number of halogens is 1. The number of carbonyl (C=O) groups is 1. The van der Waals surface area contributed by atoms with Crippen molar-refractivity contribution in [2.45, 2.75) is 19.9 Å². The highest BCUT2D eigenvalue weighted by Gasteiger charge is 2.22. The highest BCUT2D eigenvalue weighted by molar-refractivity contribution is 6.30. The van der Waals surface area contributed by atoms with E-state index in [-0.39, 0.29) is 23.3 Å². The molecule has 0 unspecified atom stereocenters. The van der Waals surface area contributed by atoms with Crippen molar-refractivity contribution < 1.29 is 4.79 Å². The Hall–Kier alpha value is -2.99. The van der Waals surface area contributed by atoms with Crippen LogP contribution in [0.25, 0.3) is 5.69 Å². The van der Waals surface area contributed by atoms with Gasteiger partial charge in [-0.2, -0.15) is 0 Å². The average molecular weight is 399 g/mol. The van der Waals surface area contributed by atoms with Crippen LogP contribution in [0.5, 0.6) is 0 Å². The van der Waals surface area contributed by atoms with Gasteiger partial charge in [0.2, 0.25) is 0 Å².